The van der Waals surface area contributed by atoms with Crippen LogP contribution in [-0.4, -0.2) is 20.9 Å². The number of para-hydroxylation sites is 1. The molecule has 0 unspecified atom stereocenters. The first-order valence-corrected chi connectivity index (χ1v) is 10.9. The van der Waals surface area contributed by atoms with Crippen LogP contribution in [0.2, 0.25) is 10.0 Å². The lowest BCUT2D eigenvalue weighted by molar-refractivity contribution is -0.114. The fourth-order valence-corrected chi connectivity index (χ4v) is 4.61. The minimum Gasteiger partial charge on any atom is -0.324 e. The van der Waals surface area contributed by atoms with E-state index in [4.69, 9.17) is 23.2 Å². The average Bonchev–Trinajstić information content (AvgIpc) is 2.67. The van der Waals surface area contributed by atoms with Gasteiger partial charge in [-0.3, -0.25) is 9.10 Å². The summed E-state index contributed by atoms with van der Waals surface area (Å²) in [5.74, 6) is -0.525. The number of hydrogen-bond donors (Lipinski definition) is 1. The van der Waals surface area contributed by atoms with E-state index in [2.05, 4.69) is 5.32 Å². The minimum atomic E-state index is -4.03. The molecule has 0 aliphatic heterocycles. The van der Waals surface area contributed by atoms with Crippen LogP contribution >= 0.6 is 23.2 Å². The molecule has 29 heavy (non-hydrogen) atoms. The topological polar surface area (TPSA) is 66.5 Å². The van der Waals surface area contributed by atoms with Crippen molar-refractivity contribution in [1.82, 2.24) is 0 Å². The SMILES string of the molecule is Cc1ccc(S(=O)(=O)N(CC(=O)Nc2cccc(Cl)c2)c2ccccc2Cl)cc1. The van der Waals surface area contributed by atoms with Crippen LogP contribution in [0.5, 0.6) is 0 Å². The number of anilines is 2. The van der Waals surface area contributed by atoms with Crippen LogP contribution in [0.3, 0.4) is 0 Å². The highest BCUT2D eigenvalue weighted by atomic mass is 35.5. The van der Waals surface area contributed by atoms with Gasteiger partial charge in [-0.15, -0.1) is 0 Å². The van der Waals surface area contributed by atoms with E-state index in [9.17, 15) is 13.2 Å². The van der Waals surface area contributed by atoms with Gasteiger partial charge in [0.25, 0.3) is 10.0 Å². The number of nitrogens with zero attached hydrogens (tertiary/aromatic N) is 1. The molecule has 150 valence electrons. The van der Waals surface area contributed by atoms with Gasteiger partial charge in [0.15, 0.2) is 0 Å². The molecule has 0 aromatic heterocycles. The molecule has 0 aliphatic carbocycles. The number of carbonyl (C=O) groups is 1. The molecule has 0 fully saturated rings. The highest BCUT2D eigenvalue weighted by Crippen LogP contribution is 2.30. The third kappa shape index (κ3) is 5.09. The van der Waals surface area contributed by atoms with Crippen molar-refractivity contribution < 1.29 is 13.2 Å². The number of sulfonamides is 1. The monoisotopic (exact) mass is 448 g/mol. The molecule has 3 aromatic carbocycles. The molecular weight excluding hydrogens is 431 g/mol. The smallest absolute Gasteiger partial charge is 0.264 e. The Morgan fingerprint density at radius 2 is 1.66 bits per heavy atom. The zero-order valence-corrected chi connectivity index (χ0v) is 17.8. The Hall–Kier alpha value is -2.54. The molecular formula is C21H18Cl2N2O3S. The maximum atomic E-state index is 13.3. The summed E-state index contributed by atoms with van der Waals surface area (Å²) in [4.78, 5) is 12.7. The zero-order valence-electron chi connectivity index (χ0n) is 15.5. The summed E-state index contributed by atoms with van der Waals surface area (Å²) >= 11 is 12.2. The second-order valence-electron chi connectivity index (χ2n) is 6.33. The molecule has 0 radical (unpaired) electrons. The summed E-state index contributed by atoms with van der Waals surface area (Å²) in [5.41, 5.74) is 1.61. The van der Waals surface area contributed by atoms with Gasteiger partial charge in [0.1, 0.15) is 6.54 Å². The fraction of sp³-hybridized carbons (Fsp3) is 0.0952. The number of halogens is 2. The van der Waals surface area contributed by atoms with E-state index >= 15 is 0 Å². The van der Waals surface area contributed by atoms with Gasteiger partial charge in [0.2, 0.25) is 5.91 Å². The molecule has 0 spiro atoms. The molecule has 1 amide bonds. The predicted molar refractivity (Wildman–Crippen MR) is 117 cm³/mol. The highest BCUT2D eigenvalue weighted by Gasteiger charge is 2.28. The van der Waals surface area contributed by atoms with Gasteiger partial charge < -0.3 is 5.32 Å². The van der Waals surface area contributed by atoms with Crippen molar-refractivity contribution in [3.63, 3.8) is 0 Å². The Bertz CT molecular complexity index is 1130. The lowest BCUT2D eigenvalue weighted by atomic mass is 10.2. The Labute approximate surface area is 179 Å². The van der Waals surface area contributed by atoms with Gasteiger partial charge >= 0.3 is 0 Å². The van der Waals surface area contributed by atoms with Crippen LogP contribution < -0.4 is 9.62 Å². The fourth-order valence-electron chi connectivity index (χ4n) is 2.69. The molecule has 0 saturated heterocycles. The van der Waals surface area contributed by atoms with Crippen LogP contribution in [0.1, 0.15) is 5.56 Å². The van der Waals surface area contributed by atoms with E-state index in [1.807, 2.05) is 6.92 Å². The summed E-state index contributed by atoms with van der Waals surface area (Å²) in [6.07, 6.45) is 0. The molecule has 3 aromatic rings. The quantitative estimate of drug-likeness (QED) is 0.567. The number of carbonyl (C=O) groups excluding carboxylic acids is 1. The molecule has 5 nitrogen and oxygen atoms in total. The second-order valence-corrected chi connectivity index (χ2v) is 9.04. The predicted octanol–water partition coefficient (Wildman–Crippen LogP) is 5.14. The largest absolute Gasteiger partial charge is 0.324 e. The Balaban J connectivity index is 1.96. The van der Waals surface area contributed by atoms with E-state index in [1.54, 1.807) is 60.7 Å². The normalized spacial score (nSPS) is 11.1. The summed E-state index contributed by atoms with van der Waals surface area (Å²) in [6.45, 7) is 1.41. The molecule has 3 rings (SSSR count). The maximum Gasteiger partial charge on any atom is 0.264 e. The van der Waals surface area contributed by atoms with E-state index in [-0.39, 0.29) is 15.6 Å². The van der Waals surface area contributed by atoms with Gasteiger partial charge in [0.05, 0.1) is 15.6 Å². The number of benzene rings is 3. The average molecular weight is 449 g/mol. The lowest BCUT2D eigenvalue weighted by Gasteiger charge is -2.25. The molecule has 1 N–H and O–H groups in total. The van der Waals surface area contributed by atoms with Crippen LogP contribution in [-0.2, 0) is 14.8 Å². The summed E-state index contributed by atoms with van der Waals surface area (Å²) < 4.78 is 27.6. The van der Waals surface area contributed by atoms with E-state index < -0.39 is 22.5 Å². The van der Waals surface area contributed by atoms with Crippen molar-refractivity contribution in [2.45, 2.75) is 11.8 Å². The Morgan fingerprint density at radius 1 is 0.966 bits per heavy atom. The van der Waals surface area contributed by atoms with Crippen LogP contribution in [0.15, 0.2) is 77.7 Å². The van der Waals surface area contributed by atoms with Gasteiger partial charge in [-0.25, -0.2) is 8.42 Å². The first-order valence-electron chi connectivity index (χ1n) is 8.67. The minimum absolute atomic E-state index is 0.0681. The van der Waals surface area contributed by atoms with Crippen LogP contribution in [0, 0.1) is 6.92 Å². The molecule has 0 saturated carbocycles. The Kier molecular flexibility index (Phi) is 6.47. The molecule has 8 heteroatoms. The summed E-state index contributed by atoms with van der Waals surface area (Å²) in [7, 11) is -4.03. The highest BCUT2D eigenvalue weighted by molar-refractivity contribution is 7.92. The van der Waals surface area contributed by atoms with Crippen LogP contribution in [0.4, 0.5) is 11.4 Å². The van der Waals surface area contributed by atoms with Gasteiger partial charge in [-0.1, -0.05) is 59.1 Å². The molecule has 0 aliphatic rings. The molecule has 0 bridgehead atoms. The summed E-state index contributed by atoms with van der Waals surface area (Å²) in [6, 6.07) is 19.5. The van der Waals surface area contributed by atoms with Gasteiger partial charge in [-0.2, -0.15) is 0 Å². The van der Waals surface area contributed by atoms with Crippen molar-refractivity contribution in [3.8, 4) is 0 Å². The number of aryl methyl sites for hydroxylation is 1. The lowest BCUT2D eigenvalue weighted by Crippen LogP contribution is -2.38. The third-order valence-electron chi connectivity index (χ3n) is 4.13. The maximum absolute atomic E-state index is 13.3. The van der Waals surface area contributed by atoms with E-state index in [1.165, 1.54) is 12.1 Å². The van der Waals surface area contributed by atoms with Gasteiger partial charge in [-0.05, 0) is 49.4 Å². The first kappa shape index (κ1) is 21.2. The van der Waals surface area contributed by atoms with Crippen molar-refractivity contribution in [1.29, 1.82) is 0 Å². The van der Waals surface area contributed by atoms with E-state index in [0.717, 1.165) is 9.87 Å². The van der Waals surface area contributed by atoms with Crippen molar-refractivity contribution in [2.24, 2.45) is 0 Å². The van der Waals surface area contributed by atoms with E-state index in [0.29, 0.717) is 10.7 Å². The Morgan fingerprint density at radius 3 is 2.31 bits per heavy atom. The summed E-state index contributed by atoms with van der Waals surface area (Å²) in [5, 5.41) is 3.34. The number of hydrogen-bond acceptors (Lipinski definition) is 3. The number of nitrogens with one attached hydrogen (secondary N) is 1. The van der Waals surface area contributed by atoms with Crippen molar-refractivity contribution in [3.05, 3.63) is 88.4 Å². The first-order chi connectivity index (χ1) is 13.8. The second kappa shape index (κ2) is 8.86. The number of amides is 1. The zero-order chi connectivity index (χ0) is 21.0. The standard InChI is InChI=1S/C21H18Cl2N2O3S/c1-15-9-11-18(12-10-15)29(27,28)25(20-8-3-2-7-19(20)23)14-21(26)24-17-6-4-5-16(22)13-17/h2-13H,14H2,1H3,(H,24,26). The van der Waals surface area contributed by atoms with Crippen molar-refractivity contribution in [2.75, 3.05) is 16.2 Å². The van der Waals surface area contributed by atoms with Gasteiger partial charge in [0, 0.05) is 10.7 Å². The number of rotatable bonds is 6. The molecule has 0 heterocycles. The van der Waals surface area contributed by atoms with Crippen LogP contribution in [0.25, 0.3) is 0 Å². The molecule has 0 atom stereocenters. The van der Waals surface area contributed by atoms with Crippen molar-refractivity contribution >= 4 is 50.5 Å². The third-order valence-corrected chi connectivity index (χ3v) is 6.45.